The Morgan fingerprint density at radius 3 is 2.53 bits per heavy atom. The summed E-state index contributed by atoms with van der Waals surface area (Å²) in [5.41, 5.74) is 2.30. The number of amides is 1. The molecule has 0 saturated heterocycles. The lowest BCUT2D eigenvalue weighted by Crippen LogP contribution is -2.22. The second-order valence-electron chi connectivity index (χ2n) is 6.92. The number of carbonyl (C=O) groups excluding carboxylic acids is 1. The Kier molecular flexibility index (Phi) is 6.72. The summed E-state index contributed by atoms with van der Waals surface area (Å²) in [5, 5.41) is 3.17. The minimum atomic E-state index is -0.319. The van der Waals surface area contributed by atoms with Crippen molar-refractivity contribution < 1.29 is 18.7 Å². The maximum Gasteiger partial charge on any atom is 0.298 e. The van der Waals surface area contributed by atoms with Crippen LogP contribution in [0.2, 0.25) is 0 Å². The Balaban J connectivity index is 1.45. The number of hydrogen-bond acceptors (Lipinski definition) is 6. The lowest BCUT2D eigenvalue weighted by atomic mass is 10.1. The van der Waals surface area contributed by atoms with Gasteiger partial charge in [0.2, 0.25) is 0 Å². The van der Waals surface area contributed by atoms with Crippen molar-refractivity contribution in [3.8, 4) is 16.7 Å². The average Bonchev–Trinajstić information content (AvgIpc) is 3.25. The first-order valence-corrected chi connectivity index (χ1v) is 10.6. The highest BCUT2D eigenvalue weighted by Crippen LogP contribution is 2.33. The van der Waals surface area contributed by atoms with Crippen LogP contribution in [0, 0.1) is 5.82 Å². The molecule has 3 aromatic carbocycles. The maximum absolute atomic E-state index is 13.0. The number of methoxy groups -OCH3 is 1. The molecule has 1 amide bonds. The van der Waals surface area contributed by atoms with Gasteiger partial charge in [0, 0.05) is 30.1 Å². The summed E-state index contributed by atoms with van der Waals surface area (Å²) in [7, 11) is 1.53. The van der Waals surface area contributed by atoms with E-state index >= 15 is 0 Å². The molecule has 0 bridgehead atoms. The molecule has 0 unspecified atom stereocenters. The monoisotopic (exact) mass is 449 g/mol. The van der Waals surface area contributed by atoms with E-state index in [1.807, 2.05) is 30.3 Å². The summed E-state index contributed by atoms with van der Waals surface area (Å²) in [6, 6.07) is 20.8. The fourth-order valence-corrected chi connectivity index (χ4v) is 3.57. The molecule has 1 aromatic heterocycles. The van der Waals surface area contributed by atoms with Crippen LogP contribution in [-0.4, -0.2) is 22.4 Å². The third kappa shape index (κ3) is 5.47. The lowest BCUT2D eigenvalue weighted by Gasteiger charge is -2.10. The van der Waals surface area contributed by atoms with Crippen molar-refractivity contribution in [2.24, 2.45) is 0 Å². The summed E-state index contributed by atoms with van der Waals surface area (Å²) in [4.78, 5) is 17.0. The van der Waals surface area contributed by atoms with E-state index in [0.717, 1.165) is 22.7 Å². The topological polar surface area (TPSA) is 73.3 Å². The van der Waals surface area contributed by atoms with E-state index in [-0.39, 0.29) is 18.3 Å². The van der Waals surface area contributed by atoms with Crippen molar-refractivity contribution in [3.05, 3.63) is 101 Å². The SMILES string of the molecule is COc1ccc(C(=O)NCc2ccc(F)cc2)cc1Oc1nc(Cc2ccccc2)ns1. The predicted octanol–water partition coefficient (Wildman–Crippen LogP) is 5.00. The smallest absolute Gasteiger partial charge is 0.298 e. The van der Waals surface area contributed by atoms with E-state index in [2.05, 4.69) is 14.7 Å². The molecule has 0 aliphatic carbocycles. The Hall–Kier alpha value is -3.78. The van der Waals surface area contributed by atoms with Gasteiger partial charge in [0.05, 0.1) is 7.11 Å². The molecule has 4 aromatic rings. The van der Waals surface area contributed by atoms with Crippen molar-refractivity contribution in [1.29, 1.82) is 0 Å². The number of ether oxygens (including phenoxy) is 2. The molecule has 0 atom stereocenters. The largest absolute Gasteiger partial charge is 0.493 e. The van der Waals surface area contributed by atoms with E-state index < -0.39 is 0 Å². The second kappa shape index (κ2) is 10.0. The number of hydrogen-bond donors (Lipinski definition) is 1. The number of nitrogens with one attached hydrogen (secondary N) is 1. The Labute approximate surface area is 188 Å². The minimum absolute atomic E-state index is 0.278. The molecule has 1 N–H and O–H groups in total. The summed E-state index contributed by atoms with van der Waals surface area (Å²) in [5.74, 6) is 0.886. The van der Waals surface area contributed by atoms with Crippen molar-refractivity contribution in [2.75, 3.05) is 7.11 Å². The summed E-state index contributed by atoms with van der Waals surface area (Å²) in [6.45, 7) is 0.278. The zero-order chi connectivity index (χ0) is 22.3. The molecular formula is C24H20FN3O3S. The minimum Gasteiger partial charge on any atom is -0.493 e. The summed E-state index contributed by atoms with van der Waals surface area (Å²) in [6.07, 6.45) is 0.601. The van der Waals surface area contributed by atoms with E-state index in [0.29, 0.717) is 34.5 Å². The molecule has 0 spiro atoms. The molecule has 0 saturated carbocycles. The van der Waals surface area contributed by atoms with Gasteiger partial charge in [-0.05, 0) is 41.5 Å². The Morgan fingerprint density at radius 1 is 1.00 bits per heavy atom. The molecule has 6 nitrogen and oxygen atoms in total. The highest BCUT2D eigenvalue weighted by molar-refractivity contribution is 7.07. The van der Waals surface area contributed by atoms with Crippen LogP contribution in [0.15, 0.2) is 72.8 Å². The van der Waals surface area contributed by atoms with Crippen LogP contribution in [0.3, 0.4) is 0 Å². The summed E-state index contributed by atoms with van der Waals surface area (Å²) >= 11 is 1.14. The van der Waals surface area contributed by atoms with Crippen LogP contribution in [-0.2, 0) is 13.0 Å². The fourth-order valence-electron chi connectivity index (χ4n) is 3.01. The van der Waals surface area contributed by atoms with Crippen LogP contribution < -0.4 is 14.8 Å². The van der Waals surface area contributed by atoms with Gasteiger partial charge >= 0.3 is 0 Å². The first kappa shape index (κ1) is 21.5. The standard InChI is InChI=1S/C24H20FN3O3S/c1-30-20-12-9-18(23(29)26-15-17-7-10-19(25)11-8-17)14-21(20)31-24-27-22(28-32-24)13-16-5-3-2-4-6-16/h2-12,14H,13,15H2,1H3,(H,26,29). The molecule has 0 fully saturated rings. The number of nitrogens with zero attached hydrogens (tertiary/aromatic N) is 2. The van der Waals surface area contributed by atoms with Gasteiger partial charge in [-0.2, -0.15) is 9.36 Å². The first-order valence-electron chi connectivity index (χ1n) is 9.86. The molecule has 4 rings (SSSR count). The molecule has 0 aliphatic heterocycles. The van der Waals surface area contributed by atoms with Crippen LogP contribution in [0.5, 0.6) is 16.7 Å². The number of carbonyl (C=O) groups is 1. The van der Waals surface area contributed by atoms with Gasteiger partial charge < -0.3 is 14.8 Å². The predicted molar refractivity (Wildman–Crippen MR) is 120 cm³/mol. The van der Waals surface area contributed by atoms with Crippen LogP contribution in [0.25, 0.3) is 0 Å². The van der Waals surface area contributed by atoms with Crippen molar-refractivity contribution in [1.82, 2.24) is 14.7 Å². The zero-order valence-corrected chi connectivity index (χ0v) is 18.1. The second-order valence-corrected chi connectivity index (χ2v) is 7.63. The number of benzene rings is 3. The molecule has 8 heteroatoms. The van der Waals surface area contributed by atoms with Crippen LogP contribution in [0.1, 0.15) is 27.3 Å². The maximum atomic E-state index is 13.0. The Bertz CT molecular complexity index is 1200. The molecule has 0 aliphatic rings. The normalized spacial score (nSPS) is 10.6. The fraction of sp³-hybridized carbons (Fsp3) is 0.125. The number of rotatable bonds is 8. The van der Waals surface area contributed by atoms with E-state index in [4.69, 9.17) is 9.47 Å². The van der Waals surface area contributed by atoms with Crippen molar-refractivity contribution in [2.45, 2.75) is 13.0 Å². The molecular weight excluding hydrogens is 429 g/mol. The van der Waals surface area contributed by atoms with Crippen molar-refractivity contribution in [3.63, 3.8) is 0 Å². The number of halogens is 1. The van der Waals surface area contributed by atoms with Crippen molar-refractivity contribution >= 4 is 17.4 Å². The third-order valence-electron chi connectivity index (χ3n) is 4.64. The summed E-state index contributed by atoms with van der Waals surface area (Å²) < 4.78 is 28.6. The quantitative estimate of drug-likeness (QED) is 0.410. The molecule has 32 heavy (non-hydrogen) atoms. The highest BCUT2D eigenvalue weighted by atomic mass is 32.1. The molecule has 1 heterocycles. The molecule has 162 valence electrons. The van der Waals surface area contributed by atoms with E-state index in [9.17, 15) is 9.18 Å². The van der Waals surface area contributed by atoms with Gasteiger partial charge in [0.25, 0.3) is 11.1 Å². The zero-order valence-electron chi connectivity index (χ0n) is 17.2. The lowest BCUT2D eigenvalue weighted by molar-refractivity contribution is 0.0950. The van der Waals surface area contributed by atoms with Gasteiger partial charge in [-0.25, -0.2) is 4.39 Å². The van der Waals surface area contributed by atoms with Crippen LogP contribution >= 0.6 is 11.5 Å². The average molecular weight is 450 g/mol. The van der Waals surface area contributed by atoms with E-state index in [1.165, 1.54) is 19.2 Å². The van der Waals surface area contributed by atoms with Gasteiger partial charge in [-0.15, -0.1) is 0 Å². The van der Waals surface area contributed by atoms with Gasteiger partial charge in [-0.3, -0.25) is 4.79 Å². The van der Waals surface area contributed by atoms with Gasteiger partial charge in [-0.1, -0.05) is 42.5 Å². The van der Waals surface area contributed by atoms with Gasteiger partial charge in [0.1, 0.15) is 5.82 Å². The van der Waals surface area contributed by atoms with Gasteiger partial charge in [0.15, 0.2) is 17.3 Å². The third-order valence-corrected chi connectivity index (χ3v) is 5.28. The van der Waals surface area contributed by atoms with Crippen LogP contribution in [0.4, 0.5) is 4.39 Å². The highest BCUT2D eigenvalue weighted by Gasteiger charge is 2.14. The number of aromatic nitrogens is 2. The first-order chi connectivity index (χ1) is 15.6. The molecule has 0 radical (unpaired) electrons. The Morgan fingerprint density at radius 2 is 1.78 bits per heavy atom. The van der Waals surface area contributed by atoms with E-state index in [1.54, 1.807) is 30.3 Å².